The van der Waals surface area contributed by atoms with Crippen LogP contribution in [0.25, 0.3) is 10.8 Å². The normalized spacial score (nSPS) is 18.0. The van der Waals surface area contributed by atoms with Crippen molar-refractivity contribution < 1.29 is 19.5 Å². The van der Waals surface area contributed by atoms with Crippen molar-refractivity contribution in [3.05, 3.63) is 30.0 Å². The molecule has 2 heterocycles. The SMILES string of the molecule is CC(=O)NCc1cccc2c(O)n(C3CCC(=O)NC3=O)cc12. The summed E-state index contributed by atoms with van der Waals surface area (Å²) in [6.07, 6.45) is 2.28. The van der Waals surface area contributed by atoms with Crippen molar-refractivity contribution in [2.75, 3.05) is 0 Å². The maximum atomic E-state index is 12.0. The summed E-state index contributed by atoms with van der Waals surface area (Å²) < 4.78 is 1.49. The maximum absolute atomic E-state index is 12.0. The van der Waals surface area contributed by atoms with Gasteiger partial charge in [-0.1, -0.05) is 12.1 Å². The Morgan fingerprint density at radius 1 is 1.39 bits per heavy atom. The standard InChI is InChI=1S/C16H17N3O4/c1-9(20)17-7-10-3-2-4-11-12(10)8-19(16(11)23)13-5-6-14(21)18-15(13)22/h2-4,8,13,23H,5-7H2,1H3,(H,17,20)(H,18,21,22). The Hall–Kier alpha value is -2.83. The number of carbonyl (C=O) groups is 3. The summed E-state index contributed by atoms with van der Waals surface area (Å²) in [5.41, 5.74) is 0.846. The Morgan fingerprint density at radius 2 is 2.17 bits per heavy atom. The van der Waals surface area contributed by atoms with Crippen molar-refractivity contribution in [1.29, 1.82) is 0 Å². The third-order valence-electron chi connectivity index (χ3n) is 4.02. The minimum Gasteiger partial charge on any atom is -0.494 e. The number of imide groups is 1. The van der Waals surface area contributed by atoms with E-state index in [-0.39, 0.29) is 24.1 Å². The zero-order valence-electron chi connectivity index (χ0n) is 12.6. The van der Waals surface area contributed by atoms with Gasteiger partial charge in [0.25, 0.3) is 0 Å². The van der Waals surface area contributed by atoms with Crippen LogP contribution >= 0.6 is 0 Å². The predicted octanol–water partition coefficient (Wildman–Crippen LogP) is 0.961. The molecule has 0 aliphatic carbocycles. The first-order chi connectivity index (χ1) is 11.0. The second-order valence-electron chi connectivity index (χ2n) is 5.61. The fourth-order valence-corrected chi connectivity index (χ4v) is 2.86. The zero-order chi connectivity index (χ0) is 16.6. The average Bonchev–Trinajstić information content (AvgIpc) is 2.83. The molecule has 1 atom stereocenters. The first kappa shape index (κ1) is 15.1. The first-order valence-corrected chi connectivity index (χ1v) is 7.37. The molecule has 23 heavy (non-hydrogen) atoms. The molecular weight excluding hydrogens is 298 g/mol. The van der Waals surface area contributed by atoms with E-state index in [1.54, 1.807) is 18.3 Å². The van der Waals surface area contributed by atoms with Crippen molar-refractivity contribution in [3.8, 4) is 5.88 Å². The minimum atomic E-state index is -0.617. The molecule has 3 N–H and O–H groups in total. The van der Waals surface area contributed by atoms with Crippen molar-refractivity contribution in [3.63, 3.8) is 0 Å². The molecule has 1 unspecified atom stereocenters. The molecular formula is C16H17N3O4. The lowest BCUT2D eigenvalue weighted by Gasteiger charge is -2.22. The molecule has 1 aromatic heterocycles. The number of hydrogen-bond acceptors (Lipinski definition) is 4. The van der Waals surface area contributed by atoms with Gasteiger partial charge in [0.15, 0.2) is 5.88 Å². The number of hydrogen-bond donors (Lipinski definition) is 3. The monoisotopic (exact) mass is 315 g/mol. The number of carbonyl (C=O) groups excluding carboxylic acids is 3. The van der Waals surface area contributed by atoms with Gasteiger partial charge in [-0.25, -0.2) is 0 Å². The van der Waals surface area contributed by atoms with E-state index in [1.807, 2.05) is 6.07 Å². The molecule has 3 rings (SSSR count). The summed E-state index contributed by atoms with van der Waals surface area (Å²) in [6.45, 7) is 1.78. The minimum absolute atomic E-state index is 0.0147. The maximum Gasteiger partial charge on any atom is 0.249 e. The molecule has 0 saturated carbocycles. The summed E-state index contributed by atoms with van der Waals surface area (Å²) in [7, 11) is 0. The molecule has 7 heteroatoms. The first-order valence-electron chi connectivity index (χ1n) is 7.37. The Kier molecular flexibility index (Phi) is 3.77. The molecule has 1 aromatic carbocycles. The van der Waals surface area contributed by atoms with Crippen LogP contribution in [-0.4, -0.2) is 27.4 Å². The Labute approximate surface area is 132 Å². The van der Waals surface area contributed by atoms with Crippen LogP contribution < -0.4 is 10.6 Å². The van der Waals surface area contributed by atoms with Crippen molar-refractivity contribution in [2.45, 2.75) is 32.4 Å². The highest BCUT2D eigenvalue weighted by Crippen LogP contribution is 2.34. The molecule has 7 nitrogen and oxygen atoms in total. The summed E-state index contributed by atoms with van der Waals surface area (Å²) in [4.78, 5) is 34.4. The number of piperidine rings is 1. The van der Waals surface area contributed by atoms with E-state index in [1.165, 1.54) is 11.5 Å². The quantitative estimate of drug-likeness (QED) is 0.734. The number of nitrogens with one attached hydrogen (secondary N) is 2. The second kappa shape index (κ2) is 5.75. The molecule has 0 bridgehead atoms. The van der Waals surface area contributed by atoms with Gasteiger partial charge in [0.05, 0.1) is 0 Å². The number of rotatable bonds is 3. The summed E-state index contributed by atoms with van der Waals surface area (Å²) >= 11 is 0. The smallest absolute Gasteiger partial charge is 0.249 e. The highest BCUT2D eigenvalue weighted by molar-refractivity contribution is 6.00. The van der Waals surface area contributed by atoms with Gasteiger partial charge in [-0.2, -0.15) is 0 Å². The van der Waals surface area contributed by atoms with Gasteiger partial charge in [0.2, 0.25) is 17.7 Å². The van der Waals surface area contributed by atoms with Gasteiger partial charge in [-0.15, -0.1) is 0 Å². The molecule has 1 aliphatic heterocycles. The van der Waals surface area contributed by atoms with Crippen LogP contribution in [0.4, 0.5) is 0 Å². The van der Waals surface area contributed by atoms with Crippen LogP contribution in [0, 0.1) is 0 Å². The van der Waals surface area contributed by atoms with Crippen molar-refractivity contribution in [2.24, 2.45) is 0 Å². The number of aromatic nitrogens is 1. The highest BCUT2D eigenvalue weighted by atomic mass is 16.3. The number of aromatic hydroxyl groups is 1. The lowest BCUT2D eigenvalue weighted by molar-refractivity contribution is -0.135. The summed E-state index contributed by atoms with van der Waals surface area (Å²) in [5.74, 6) is -0.871. The van der Waals surface area contributed by atoms with Gasteiger partial charge in [-0.3, -0.25) is 19.7 Å². The van der Waals surface area contributed by atoms with Crippen molar-refractivity contribution in [1.82, 2.24) is 15.2 Å². The largest absolute Gasteiger partial charge is 0.494 e. The predicted molar refractivity (Wildman–Crippen MR) is 82.5 cm³/mol. The lowest BCUT2D eigenvalue weighted by Crippen LogP contribution is -2.41. The van der Waals surface area contributed by atoms with E-state index in [0.717, 1.165) is 10.9 Å². The number of fused-ring (bicyclic) bond motifs is 1. The molecule has 3 amide bonds. The number of amides is 3. The topological polar surface area (TPSA) is 100 Å². The molecule has 120 valence electrons. The van der Waals surface area contributed by atoms with Crippen LogP contribution in [-0.2, 0) is 20.9 Å². The molecule has 1 aliphatic rings. The third-order valence-corrected chi connectivity index (χ3v) is 4.02. The highest BCUT2D eigenvalue weighted by Gasteiger charge is 2.30. The van der Waals surface area contributed by atoms with Crippen LogP contribution in [0.2, 0.25) is 0 Å². The molecule has 0 spiro atoms. The van der Waals surface area contributed by atoms with Crippen molar-refractivity contribution >= 4 is 28.5 Å². The van der Waals surface area contributed by atoms with Gasteiger partial charge in [0.1, 0.15) is 6.04 Å². The van der Waals surface area contributed by atoms with E-state index in [9.17, 15) is 19.5 Å². The van der Waals surface area contributed by atoms with Crippen LogP contribution in [0.3, 0.4) is 0 Å². The van der Waals surface area contributed by atoms with E-state index in [2.05, 4.69) is 10.6 Å². The Morgan fingerprint density at radius 3 is 2.87 bits per heavy atom. The van der Waals surface area contributed by atoms with E-state index in [0.29, 0.717) is 18.4 Å². The summed E-state index contributed by atoms with van der Waals surface area (Å²) in [5, 5.41) is 16.8. The van der Waals surface area contributed by atoms with Gasteiger partial charge in [-0.05, 0) is 18.1 Å². The van der Waals surface area contributed by atoms with Crippen LogP contribution in [0.1, 0.15) is 31.4 Å². The molecule has 1 fully saturated rings. The van der Waals surface area contributed by atoms with E-state index in [4.69, 9.17) is 0 Å². The number of nitrogens with zero attached hydrogens (tertiary/aromatic N) is 1. The van der Waals surface area contributed by atoms with Crippen LogP contribution in [0.5, 0.6) is 5.88 Å². The molecule has 0 radical (unpaired) electrons. The Balaban J connectivity index is 2.01. The zero-order valence-corrected chi connectivity index (χ0v) is 12.6. The number of benzene rings is 1. The molecule has 2 aromatic rings. The van der Waals surface area contributed by atoms with E-state index < -0.39 is 11.9 Å². The second-order valence-corrected chi connectivity index (χ2v) is 5.61. The van der Waals surface area contributed by atoms with Gasteiger partial charge in [0, 0.05) is 36.9 Å². The Bertz CT molecular complexity index is 809. The van der Waals surface area contributed by atoms with Crippen LogP contribution in [0.15, 0.2) is 24.4 Å². The fraction of sp³-hybridized carbons (Fsp3) is 0.312. The van der Waals surface area contributed by atoms with E-state index >= 15 is 0 Å². The summed E-state index contributed by atoms with van der Waals surface area (Å²) in [6, 6.07) is 4.78. The van der Waals surface area contributed by atoms with Gasteiger partial charge < -0.3 is 15.0 Å². The third kappa shape index (κ3) is 2.77. The fourth-order valence-electron chi connectivity index (χ4n) is 2.86. The van der Waals surface area contributed by atoms with Gasteiger partial charge >= 0.3 is 0 Å². The molecule has 1 saturated heterocycles. The average molecular weight is 315 g/mol. The lowest BCUT2D eigenvalue weighted by atomic mass is 10.1.